The summed E-state index contributed by atoms with van der Waals surface area (Å²) in [7, 11) is 1.79. The third-order valence-electron chi connectivity index (χ3n) is 2.99. The predicted octanol–water partition coefficient (Wildman–Crippen LogP) is 2.15. The first-order chi connectivity index (χ1) is 9.47. The van der Waals surface area contributed by atoms with Gasteiger partial charge in [0.15, 0.2) is 5.82 Å². The van der Waals surface area contributed by atoms with Crippen LogP contribution in [0.15, 0.2) is 18.3 Å². The van der Waals surface area contributed by atoms with E-state index in [9.17, 15) is 4.79 Å². The van der Waals surface area contributed by atoms with Crippen LogP contribution >= 0.6 is 11.6 Å². The van der Waals surface area contributed by atoms with Crippen LogP contribution < -0.4 is 10.2 Å². The first kappa shape index (κ1) is 14.3. The summed E-state index contributed by atoms with van der Waals surface area (Å²) in [5, 5.41) is 10.2. The van der Waals surface area contributed by atoms with Gasteiger partial charge in [0, 0.05) is 24.5 Å². The van der Waals surface area contributed by atoms with E-state index < -0.39 is 0 Å². The van der Waals surface area contributed by atoms with Crippen molar-refractivity contribution in [1.82, 2.24) is 15.2 Å². The van der Waals surface area contributed by atoms with Crippen LogP contribution in [0.25, 0.3) is 0 Å². The molecule has 2 rings (SSSR count). The van der Waals surface area contributed by atoms with Crippen molar-refractivity contribution in [1.29, 1.82) is 0 Å². The summed E-state index contributed by atoms with van der Waals surface area (Å²) in [4.78, 5) is 17.9. The number of rotatable bonds is 4. The molecule has 2 N–H and O–H groups in total. The number of hydrogen-bond acceptors (Lipinski definition) is 4. The number of aromatic amines is 1. The van der Waals surface area contributed by atoms with E-state index in [-0.39, 0.29) is 12.5 Å². The highest BCUT2D eigenvalue weighted by molar-refractivity contribution is 6.30. The Bertz CT molecular complexity index is 608. The van der Waals surface area contributed by atoms with E-state index >= 15 is 0 Å². The Morgan fingerprint density at radius 2 is 2.20 bits per heavy atom. The van der Waals surface area contributed by atoms with E-state index in [1.54, 1.807) is 30.3 Å². The Hall–Kier alpha value is -2.08. The Labute approximate surface area is 122 Å². The van der Waals surface area contributed by atoms with E-state index in [0.29, 0.717) is 16.7 Å². The molecule has 0 bridgehead atoms. The first-order valence-corrected chi connectivity index (χ1v) is 6.49. The fourth-order valence-electron chi connectivity index (χ4n) is 1.67. The molecular weight excluding hydrogens is 278 g/mol. The van der Waals surface area contributed by atoms with Gasteiger partial charge in [-0.25, -0.2) is 4.98 Å². The summed E-state index contributed by atoms with van der Waals surface area (Å²) in [5.74, 6) is 1.09. The van der Waals surface area contributed by atoms with Crippen LogP contribution in [0.5, 0.6) is 0 Å². The topological polar surface area (TPSA) is 73.9 Å². The van der Waals surface area contributed by atoms with E-state index in [1.807, 2.05) is 13.8 Å². The number of H-pyrrole nitrogens is 1. The van der Waals surface area contributed by atoms with Crippen LogP contribution in [-0.2, 0) is 4.79 Å². The van der Waals surface area contributed by atoms with Crippen LogP contribution in [0.1, 0.15) is 11.3 Å². The maximum Gasteiger partial charge on any atom is 0.245 e. The van der Waals surface area contributed by atoms with Gasteiger partial charge in [-0.15, -0.1) is 0 Å². The molecule has 106 valence electrons. The fourth-order valence-corrected chi connectivity index (χ4v) is 1.78. The molecule has 2 heterocycles. The number of anilines is 2. The van der Waals surface area contributed by atoms with Gasteiger partial charge in [0.2, 0.25) is 5.91 Å². The van der Waals surface area contributed by atoms with Gasteiger partial charge in [-0.05, 0) is 26.0 Å². The number of amides is 1. The van der Waals surface area contributed by atoms with Crippen molar-refractivity contribution in [2.45, 2.75) is 13.8 Å². The largest absolute Gasteiger partial charge is 0.350 e. The van der Waals surface area contributed by atoms with Crippen molar-refractivity contribution in [2.75, 3.05) is 23.8 Å². The Morgan fingerprint density at radius 1 is 1.45 bits per heavy atom. The minimum atomic E-state index is -0.154. The number of pyridine rings is 1. The van der Waals surface area contributed by atoms with E-state index in [1.165, 1.54) is 0 Å². The quantitative estimate of drug-likeness (QED) is 0.906. The molecule has 0 aromatic carbocycles. The number of nitrogens with zero attached hydrogens (tertiary/aromatic N) is 3. The molecular formula is C13H16ClN5O. The lowest BCUT2D eigenvalue weighted by atomic mass is 10.3. The number of nitrogens with one attached hydrogen (secondary N) is 2. The maximum atomic E-state index is 12.0. The second kappa shape index (κ2) is 5.92. The number of carbonyl (C=O) groups is 1. The molecule has 0 unspecified atom stereocenters. The van der Waals surface area contributed by atoms with E-state index in [0.717, 1.165) is 11.3 Å². The molecule has 0 saturated carbocycles. The van der Waals surface area contributed by atoms with Crippen molar-refractivity contribution in [3.8, 4) is 0 Å². The Morgan fingerprint density at radius 3 is 2.75 bits per heavy atom. The van der Waals surface area contributed by atoms with Crippen LogP contribution in [0, 0.1) is 13.8 Å². The summed E-state index contributed by atoms with van der Waals surface area (Å²) >= 11 is 5.78. The molecule has 0 aliphatic heterocycles. The molecule has 0 fully saturated rings. The van der Waals surface area contributed by atoms with Crippen molar-refractivity contribution >= 4 is 29.1 Å². The lowest BCUT2D eigenvalue weighted by molar-refractivity contribution is -0.115. The van der Waals surface area contributed by atoms with Crippen LogP contribution in [0.3, 0.4) is 0 Å². The summed E-state index contributed by atoms with van der Waals surface area (Å²) in [6, 6.07) is 3.50. The smallest absolute Gasteiger partial charge is 0.245 e. The standard InChI is InChI=1S/C13H16ClN5O/c1-8-9(2)17-18-13(8)16-12(20)7-19(3)11-5-4-10(14)6-15-11/h4-6H,7H2,1-3H3,(H2,16,17,18,20). The second-order valence-corrected chi connectivity index (χ2v) is 5.00. The number of likely N-dealkylation sites (N-methyl/N-ethyl adjacent to an activating group) is 1. The number of aryl methyl sites for hydroxylation is 1. The zero-order valence-corrected chi connectivity index (χ0v) is 12.3. The maximum absolute atomic E-state index is 12.0. The Kier molecular flexibility index (Phi) is 4.24. The van der Waals surface area contributed by atoms with Gasteiger partial charge in [0.05, 0.1) is 11.6 Å². The minimum absolute atomic E-state index is 0.154. The normalized spacial score (nSPS) is 10.4. The molecule has 20 heavy (non-hydrogen) atoms. The Balaban J connectivity index is 1.97. The van der Waals surface area contributed by atoms with E-state index in [2.05, 4.69) is 20.5 Å². The van der Waals surface area contributed by atoms with E-state index in [4.69, 9.17) is 11.6 Å². The average Bonchev–Trinajstić information content (AvgIpc) is 2.71. The molecule has 0 radical (unpaired) electrons. The summed E-state index contributed by atoms with van der Waals surface area (Å²) < 4.78 is 0. The molecule has 0 saturated heterocycles. The summed E-state index contributed by atoms with van der Waals surface area (Å²) in [6.07, 6.45) is 1.55. The lowest BCUT2D eigenvalue weighted by Crippen LogP contribution is -2.30. The molecule has 0 aliphatic rings. The van der Waals surface area contributed by atoms with Crippen LogP contribution in [-0.4, -0.2) is 34.7 Å². The van der Waals surface area contributed by atoms with Gasteiger partial charge in [0.1, 0.15) is 5.82 Å². The van der Waals surface area contributed by atoms with Crippen molar-refractivity contribution < 1.29 is 4.79 Å². The van der Waals surface area contributed by atoms with Gasteiger partial charge in [-0.2, -0.15) is 5.10 Å². The first-order valence-electron chi connectivity index (χ1n) is 6.11. The van der Waals surface area contributed by atoms with Crippen LogP contribution in [0.2, 0.25) is 5.02 Å². The molecule has 1 amide bonds. The molecule has 2 aromatic heterocycles. The predicted molar refractivity (Wildman–Crippen MR) is 79.2 cm³/mol. The highest BCUT2D eigenvalue weighted by atomic mass is 35.5. The number of hydrogen-bond donors (Lipinski definition) is 2. The zero-order valence-electron chi connectivity index (χ0n) is 11.6. The van der Waals surface area contributed by atoms with Gasteiger partial charge < -0.3 is 10.2 Å². The van der Waals surface area contributed by atoms with Gasteiger partial charge >= 0.3 is 0 Å². The zero-order chi connectivity index (χ0) is 14.7. The molecule has 0 atom stereocenters. The minimum Gasteiger partial charge on any atom is -0.350 e. The highest BCUT2D eigenvalue weighted by Gasteiger charge is 2.12. The highest BCUT2D eigenvalue weighted by Crippen LogP contribution is 2.15. The molecule has 7 heteroatoms. The third kappa shape index (κ3) is 3.27. The summed E-state index contributed by atoms with van der Waals surface area (Å²) in [6.45, 7) is 3.99. The number of aromatic nitrogens is 3. The number of halogens is 1. The lowest BCUT2D eigenvalue weighted by Gasteiger charge is -2.17. The van der Waals surface area contributed by atoms with Crippen molar-refractivity contribution in [3.05, 3.63) is 34.6 Å². The summed E-state index contributed by atoms with van der Waals surface area (Å²) in [5.41, 5.74) is 1.87. The number of carbonyl (C=O) groups excluding carboxylic acids is 1. The van der Waals surface area contributed by atoms with Gasteiger partial charge in [0.25, 0.3) is 0 Å². The SMILES string of the molecule is Cc1[nH]nc(NC(=O)CN(C)c2ccc(Cl)cn2)c1C. The molecule has 0 spiro atoms. The third-order valence-corrected chi connectivity index (χ3v) is 3.22. The molecule has 2 aromatic rings. The monoisotopic (exact) mass is 293 g/mol. The second-order valence-electron chi connectivity index (χ2n) is 4.56. The van der Waals surface area contributed by atoms with Crippen molar-refractivity contribution in [2.24, 2.45) is 0 Å². The average molecular weight is 294 g/mol. The van der Waals surface area contributed by atoms with Crippen LogP contribution in [0.4, 0.5) is 11.6 Å². The molecule has 0 aliphatic carbocycles. The van der Waals surface area contributed by atoms with Crippen molar-refractivity contribution in [3.63, 3.8) is 0 Å². The van der Waals surface area contributed by atoms with Gasteiger partial charge in [-0.1, -0.05) is 11.6 Å². The fraction of sp³-hybridized carbons (Fsp3) is 0.308. The molecule has 6 nitrogen and oxygen atoms in total. The van der Waals surface area contributed by atoms with Gasteiger partial charge in [-0.3, -0.25) is 9.89 Å².